The summed E-state index contributed by atoms with van der Waals surface area (Å²) in [5.41, 5.74) is 9.08. The van der Waals surface area contributed by atoms with E-state index < -0.39 is 14.9 Å². The zero-order chi connectivity index (χ0) is 20.1. The molecule has 2 aromatic carbocycles. The maximum absolute atomic E-state index is 12.2. The fraction of sp³-hybridized carbons (Fsp3) is 0.278. The highest BCUT2D eigenvalue weighted by molar-refractivity contribution is 7.89. The second-order valence-electron chi connectivity index (χ2n) is 6.38. The Labute approximate surface area is 162 Å². The van der Waals surface area contributed by atoms with Gasteiger partial charge in [0, 0.05) is 24.4 Å². The molecule has 0 saturated heterocycles. The predicted molar refractivity (Wildman–Crippen MR) is 107 cm³/mol. The van der Waals surface area contributed by atoms with Crippen LogP contribution in [0.15, 0.2) is 52.4 Å². The van der Waals surface area contributed by atoms with E-state index in [4.69, 9.17) is 5.73 Å². The lowest BCUT2D eigenvalue weighted by Crippen LogP contribution is -2.28. The zero-order valence-corrected chi connectivity index (χ0v) is 15.9. The monoisotopic (exact) mass is 403 g/mol. The normalized spacial score (nSPS) is 13.9. The molecule has 0 heterocycles. The van der Waals surface area contributed by atoms with Crippen LogP contribution in [0.4, 0.5) is 11.4 Å². The van der Waals surface area contributed by atoms with Gasteiger partial charge in [0.1, 0.15) is 0 Å². The second-order valence-corrected chi connectivity index (χ2v) is 8.15. The van der Waals surface area contributed by atoms with Crippen LogP contribution >= 0.6 is 0 Å². The first-order chi connectivity index (χ1) is 13.3. The number of nitro benzene ring substituents is 1. The quantitative estimate of drug-likeness (QED) is 0.212. The van der Waals surface area contributed by atoms with Crippen molar-refractivity contribution in [3.8, 4) is 0 Å². The van der Waals surface area contributed by atoms with E-state index in [1.54, 1.807) is 0 Å². The maximum Gasteiger partial charge on any atom is 0.270 e. The third-order valence-electron chi connectivity index (χ3n) is 4.40. The molecule has 3 rings (SSSR count). The van der Waals surface area contributed by atoms with Crippen LogP contribution in [0.2, 0.25) is 0 Å². The van der Waals surface area contributed by atoms with Crippen molar-refractivity contribution in [2.45, 2.75) is 24.2 Å². The Kier molecular flexibility index (Phi) is 5.90. The fourth-order valence-corrected chi connectivity index (χ4v) is 4.10. The van der Waals surface area contributed by atoms with Gasteiger partial charge in [-0.15, -0.1) is 0 Å². The molecule has 0 amide bonds. The minimum atomic E-state index is -3.86. The van der Waals surface area contributed by atoms with Gasteiger partial charge >= 0.3 is 0 Å². The van der Waals surface area contributed by atoms with Gasteiger partial charge in [0.15, 0.2) is 5.96 Å². The molecule has 0 fully saturated rings. The Morgan fingerprint density at radius 2 is 1.96 bits per heavy atom. The van der Waals surface area contributed by atoms with Crippen molar-refractivity contribution >= 4 is 27.4 Å². The fourth-order valence-electron chi connectivity index (χ4n) is 3.04. The molecule has 1 aliphatic rings. The molecule has 1 aliphatic carbocycles. The van der Waals surface area contributed by atoms with Crippen LogP contribution in [-0.4, -0.2) is 32.4 Å². The molecule has 0 unspecified atom stereocenters. The molecule has 148 valence electrons. The van der Waals surface area contributed by atoms with Gasteiger partial charge in [0.25, 0.3) is 5.69 Å². The predicted octanol–water partition coefficient (Wildman–Crippen LogP) is 1.79. The molecule has 0 aromatic heterocycles. The molecular weight excluding hydrogens is 382 g/mol. The SMILES string of the molecule is NC(=NCCNS(=O)(=O)c1cccc([N+](=O)[O-])c1)Nc1ccc2c(c1)CCC2. The van der Waals surface area contributed by atoms with Crippen molar-refractivity contribution in [2.24, 2.45) is 10.7 Å². The number of anilines is 1. The Balaban J connectivity index is 1.54. The number of nitrogens with one attached hydrogen (secondary N) is 2. The first-order valence-electron chi connectivity index (χ1n) is 8.78. The summed E-state index contributed by atoms with van der Waals surface area (Å²) in [5, 5.41) is 13.8. The van der Waals surface area contributed by atoms with Crippen molar-refractivity contribution < 1.29 is 13.3 Å². The number of guanidine groups is 1. The number of nitrogens with zero attached hydrogens (tertiary/aromatic N) is 2. The van der Waals surface area contributed by atoms with Gasteiger partial charge < -0.3 is 11.1 Å². The molecule has 28 heavy (non-hydrogen) atoms. The van der Waals surface area contributed by atoms with E-state index in [9.17, 15) is 18.5 Å². The Morgan fingerprint density at radius 3 is 2.75 bits per heavy atom. The number of nitro groups is 1. The number of rotatable bonds is 7. The van der Waals surface area contributed by atoms with Gasteiger partial charge in [-0.3, -0.25) is 15.1 Å². The Morgan fingerprint density at radius 1 is 1.18 bits per heavy atom. The number of aryl methyl sites for hydroxylation is 2. The summed E-state index contributed by atoms with van der Waals surface area (Å²) in [6, 6.07) is 10.9. The molecule has 0 atom stereocenters. The number of nitrogens with two attached hydrogens (primary N) is 1. The molecule has 2 aromatic rings. The van der Waals surface area contributed by atoms with Gasteiger partial charge in [-0.1, -0.05) is 12.1 Å². The number of fused-ring (bicyclic) bond motifs is 1. The summed E-state index contributed by atoms with van der Waals surface area (Å²) >= 11 is 0. The molecule has 0 bridgehead atoms. The largest absolute Gasteiger partial charge is 0.370 e. The summed E-state index contributed by atoms with van der Waals surface area (Å²) < 4.78 is 26.8. The van der Waals surface area contributed by atoms with E-state index in [0.717, 1.165) is 31.0 Å². The molecule has 4 N–H and O–H groups in total. The lowest BCUT2D eigenvalue weighted by molar-refractivity contribution is -0.385. The highest BCUT2D eigenvalue weighted by Crippen LogP contribution is 2.24. The van der Waals surface area contributed by atoms with Gasteiger partial charge in [-0.2, -0.15) is 0 Å². The van der Waals surface area contributed by atoms with Crippen molar-refractivity contribution in [1.82, 2.24) is 4.72 Å². The standard InChI is InChI=1S/C18H21N5O4S/c19-18(22-15-8-7-13-3-1-4-14(13)11-15)20-9-10-21-28(26,27)17-6-2-5-16(12-17)23(24)25/h2,5-8,11-12,21H,1,3-4,9-10H2,(H3,19,20,22). The molecule has 0 aliphatic heterocycles. The van der Waals surface area contributed by atoms with Crippen molar-refractivity contribution in [3.63, 3.8) is 0 Å². The number of hydrogen-bond donors (Lipinski definition) is 3. The van der Waals surface area contributed by atoms with Crippen molar-refractivity contribution in [1.29, 1.82) is 0 Å². The van der Waals surface area contributed by atoms with Crippen LogP contribution in [-0.2, 0) is 22.9 Å². The molecule has 0 spiro atoms. The Bertz CT molecular complexity index is 1020. The van der Waals surface area contributed by atoms with Crippen LogP contribution in [0.3, 0.4) is 0 Å². The van der Waals surface area contributed by atoms with Gasteiger partial charge in [-0.05, 0) is 48.6 Å². The molecular formula is C18H21N5O4S. The first-order valence-corrected chi connectivity index (χ1v) is 10.3. The highest BCUT2D eigenvalue weighted by Gasteiger charge is 2.17. The van der Waals surface area contributed by atoms with Gasteiger partial charge in [0.05, 0.1) is 16.4 Å². The van der Waals surface area contributed by atoms with E-state index in [1.165, 1.54) is 29.3 Å². The summed E-state index contributed by atoms with van der Waals surface area (Å²) in [4.78, 5) is 14.1. The minimum Gasteiger partial charge on any atom is -0.370 e. The lowest BCUT2D eigenvalue weighted by atomic mass is 10.1. The van der Waals surface area contributed by atoms with Crippen molar-refractivity contribution in [3.05, 3.63) is 63.7 Å². The van der Waals surface area contributed by atoms with Gasteiger partial charge in [-0.25, -0.2) is 13.1 Å². The third kappa shape index (κ3) is 4.84. The van der Waals surface area contributed by atoms with E-state index in [-0.39, 0.29) is 29.6 Å². The smallest absolute Gasteiger partial charge is 0.270 e. The molecule has 0 radical (unpaired) electrons. The van der Waals surface area contributed by atoms with Crippen LogP contribution in [0.1, 0.15) is 17.5 Å². The van der Waals surface area contributed by atoms with E-state index >= 15 is 0 Å². The molecule has 10 heteroatoms. The number of non-ortho nitro benzene ring substituents is 1. The Hall–Kier alpha value is -2.98. The first kappa shape index (κ1) is 19.8. The average Bonchev–Trinajstić information content (AvgIpc) is 3.13. The number of aliphatic imine (C=N–C) groups is 1. The third-order valence-corrected chi connectivity index (χ3v) is 5.85. The van der Waals surface area contributed by atoms with Crippen LogP contribution in [0.25, 0.3) is 0 Å². The van der Waals surface area contributed by atoms with Gasteiger partial charge in [0.2, 0.25) is 10.0 Å². The van der Waals surface area contributed by atoms with E-state index in [0.29, 0.717) is 0 Å². The number of sulfonamides is 1. The highest BCUT2D eigenvalue weighted by atomic mass is 32.2. The molecule has 9 nitrogen and oxygen atoms in total. The zero-order valence-electron chi connectivity index (χ0n) is 15.1. The molecule has 0 saturated carbocycles. The summed E-state index contributed by atoms with van der Waals surface area (Å²) in [6.45, 7) is 0.134. The summed E-state index contributed by atoms with van der Waals surface area (Å²) in [5.74, 6) is 0.187. The average molecular weight is 403 g/mol. The summed E-state index contributed by atoms with van der Waals surface area (Å²) in [6.07, 6.45) is 3.32. The topological polar surface area (TPSA) is 140 Å². The van der Waals surface area contributed by atoms with Crippen LogP contribution < -0.4 is 15.8 Å². The second kappa shape index (κ2) is 8.36. The number of benzene rings is 2. The maximum atomic E-state index is 12.2. The van der Waals surface area contributed by atoms with Crippen molar-refractivity contribution in [2.75, 3.05) is 18.4 Å². The lowest BCUT2D eigenvalue weighted by Gasteiger charge is -2.08. The summed E-state index contributed by atoms with van der Waals surface area (Å²) in [7, 11) is -3.86. The van der Waals surface area contributed by atoms with E-state index in [1.807, 2.05) is 6.07 Å². The van der Waals surface area contributed by atoms with Crippen LogP contribution in [0, 0.1) is 10.1 Å². The number of hydrogen-bond acceptors (Lipinski definition) is 5. The van der Waals surface area contributed by atoms with Crippen LogP contribution in [0.5, 0.6) is 0 Å². The minimum absolute atomic E-state index is 0.0115. The van der Waals surface area contributed by atoms with E-state index in [2.05, 4.69) is 27.2 Å².